The Morgan fingerprint density at radius 2 is 1.88 bits per heavy atom. The summed E-state index contributed by atoms with van der Waals surface area (Å²) in [6.45, 7) is 3.43. The smallest absolute Gasteiger partial charge is 0.129 e. The fourth-order valence-corrected chi connectivity index (χ4v) is 2.48. The number of halogens is 1. The van der Waals surface area contributed by atoms with Crippen LogP contribution in [0.4, 0.5) is 4.39 Å². The molecule has 0 bridgehead atoms. The Labute approximate surface area is 98.2 Å². The summed E-state index contributed by atoms with van der Waals surface area (Å²) in [5, 5.41) is 12.0. The van der Waals surface area contributed by atoms with Gasteiger partial charge in [0.1, 0.15) is 11.9 Å². The molecule has 1 aromatic carbocycles. The Balaban J connectivity index is 2.42. The number of aliphatic hydroxyl groups is 1. The first-order chi connectivity index (χ1) is 7.59. The van der Waals surface area contributed by atoms with Crippen molar-refractivity contribution in [2.45, 2.75) is 20.0 Å². The van der Waals surface area contributed by atoms with E-state index in [2.05, 4.69) is 0 Å². The van der Waals surface area contributed by atoms with Gasteiger partial charge in [0.05, 0.1) is 0 Å². The van der Waals surface area contributed by atoms with Gasteiger partial charge >= 0.3 is 0 Å². The molecule has 0 spiro atoms. The molecule has 2 aromatic rings. The van der Waals surface area contributed by atoms with Gasteiger partial charge < -0.3 is 5.11 Å². The summed E-state index contributed by atoms with van der Waals surface area (Å²) < 4.78 is 13.4. The van der Waals surface area contributed by atoms with Crippen molar-refractivity contribution in [3.8, 4) is 0 Å². The van der Waals surface area contributed by atoms with Crippen molar-refractivity contribution in [2.75, 3.05) is 0 Å². The maximum atomic E-state index is 13.4. The predicted molar refractivity (Wildman–Crippen MR) is 64.3 cm³/mol. The molecule has 0 saturated heterocycles. The number of aliphatic hydroxyl groups excluding tert-OH is 1. The van der Waals surface area contributed by atoms with Crippen LogP contribution in [0.25, 0.3) is 0 Å². The first-order valence-corrected chi connectivity index (χ1v) is 5.95. The lowest BCUT2D eigenvalue weighted by Gasteiger charge is -2.12. The zero-order chi connectivity index (χ0) is 11.7. The second kappa shape index (κ2) is 4.36. The monoisotopic (exact) mass is 236 g/mol. The molecule has 1 aromatic heterocycles. The summed E-state index contributed by atoms with van der Waals surface area (Å²) in [6.07, 6.45) is -0.655. The van der Waals surface area contributed by atoms with Crippen LogP contribution in [0.3, 0.4) is 0 Å². The summed E-state index contributed by atoms with van der Waals surface area (Å²) in [5.74, 6) is -0.192. The topological polar surface area (TPSA) is 20.2 Å². The maximum Gasteiger partial charge on any atom is 0.129 e. The molecule has 1 nitrogen and oxygen atoms in total. The third-order valence-corrected chi connectivity index (χ3v) is 3.51. The van der Waals surface area contributed by atoms with Gasteiger partial charge in [0.15, 0.2) is 0 Å². The zero-order valence-electron chi connectivity index (χ0n) is 9.20. The van der Waals surface area contributed by atoms with Crippen molar-refractivity contribution in [3.05, 3.63) is 57.0 Å². The molecule has 16 heavy (non-hydrogen) atoms. The first kappa shape index (κ1) is 11.3. The van der Waals surface area contributed by atoms with Crippen molar-refractivity contribution < 1.29 is 9.50 Å². The molecule has 2 rings (SSSR count). The van der Waals surface area contributed by atoms with Crippen molar-refractivity contribution in [3.63, 3.8) is 0 Å². The molecule has 0 fully saturated rings. The van der Waals surface area contributed by atoms with Crippen LogP contribution >= 0.6 is 11.3 Å². The molecule has 0 aliphatic carbocycles. The lowest BCUT2D eigenvalue weighted by molar-refractivity contribution is 0.224. The molecule has 0 radical (unpaired) electrons. The zero-order valence-corrected chi connectivity index (χ0v) is 10.0. The SMILES string of the molecule is Cc1cc(C(O)c2cccs2)cc(C)c1F. The lowest BCUT2D eigenvalue weighted by Crippen LogP contribution is -2.00. The van der Waals surface area contributed by atoms with Crippen molar-refractivity contribution in [2.24, 2.45) is 0 Å². The van der Waals surface area contributed by atoms with E-state index in [0.717, 1.165) is 10.4 Å². The van der Waals surface area contributed by atoms with E-state index in [1.807, 2.05) is 17.5 Å². The third kappa shape index (κ3) is 2.01. The highest BCUT2D eigenvalue weighted by Gasteiger charge is 2.14. The van der Waals surface area contributed by atoms with Crippen LogP contribution in [0.15, 0.2) is 29.6 Å². The largest absolute Gasteiger partial charge is 0.383 e. The van der Waals surface area contributed by atoms with Crippen molar-refractivity contribution >= 4 is 11.3 Å². The summed E-state index contributed by atoms with van der Waals surface area (Å²) in [4.78, 5) is 0.880. The second-order valence-electron chi connectivity index (χ2n) is 3.89. The minimum Gasteiger partial charge on any atom is -0.383 e. The number of aryl methyl sites for hydroxylation is 2. The summed E-state index contributed by atoms with van der Waals surface area (Å²) in [6, 6.07) is 7.18. The normalized spacial score (nSPS) is 12.8. The van der Waals surface area contributed by atoms with Crippen LogP contribution in [0.2, 0.25) is 0 Å². The van der Waals surface area contributed by atoms with Crippen LogP contribution in [-0.2, 0) is 0 Å². The van der Waals surface area contributed by atoms with E-state index in [-0.39, 0.29) is 5.82 Å². The fraction of sp³-hybridized carbons (Fsp3) is 0.231. The standard InChI is InChI=1S/C13H13FOS/c1-8-6-10(7-9(2)12(8)14)13(15)11-4-3-5-16-11/h3-7,13,15H,1-2H3. The maximum absolute atomic E-state index is 13.4. The molecule has 0 saturated carbocycles. The molecule has 1 N–H and O–H groups in total. The van der Waals surface area contributed by atoms with Gasteiger partial charge in [-0.25, -0.2) is 4.39 Å². The minimum atomic E-state index is -0.655. The number of thiophene rings is 1. The highest BCUT2D eigenvalue weighted by molar-refractivity contribution is 7.10. The fourth-order valence-electron chi connectivity index (χ4n) is 1.75. The highest BCUT2D eigenvalue weighted by atomic mass is 32.1. The highest BCUT2D eigenvalue weighted by Crippen LogP contribution is 2.28. The first-order valence-electron chi connectivity index (χ1n) is 5.07. The van der Waals surface area contributed by atoms with Gasteiger partial charge in [0.2, 0.25) is 0 Å². The Morgan fingerprint density at radius 3 is 2.38 bits per heavy atom. The van der Waals surface area contributed by atoms with Gasteiger partial charge in [-0.2, -0.15) is 0 Å². The molecule has 84 valence electrons. The second-order valence-corrected chi connectivity index (χ2v) is 4.87. The van der Waals surface area contributed by atoms with Gasteiger partial charge in [-0.3, -0.25) is 0 Å². The Kier molecular flexibility index (Phi) is 3.08. The van der Waals surface area contributed by atoms with E-state index in [0.29, 0.717) is 11.1 Å². The quantitative estimate of drug-likeness (QED) is 0.845. The van der Waals surface area contributed by atoms with Gasteiger partial charge in [-0.15, -0.1) is 11.3 Å². The molecule has 0 amide bonds. The third-order valence-electron chi connectivity index (χ3n) is 2.59. The Bertz CT molecular complexity index is 468. The number of hydrogen-bond donors (Lipinski definition) is 1. The molecule has 3 heteroatoms. The molecule has 0 aliphatic rings. The Hall–Kier alpha value is -1.19. The number of rotatable bonds is 2. The summed E-state index contributed by atoms with van der Waals surface area (Å²) in [5.41, 5.74) is 1.90. The van der Waals surface area contributed by atoms with Crippen LogP contribution in [0, 0.1) is 19.7 Å². The van der Waals surface area contributed by atoms with Crippen LogP contribution in [0.5, 0.6) is 0 Å². The average molecular weight is 236 g/mol. The van der Waals surface area contributed by atoms with E-state index in [9.17, 15) is 9.50 Å². The number of benzene rings is 1. The van der Waals surface area contributed by atoms with Gasteiger partial charge in [0.25, 0.3) is 0 Å². The van der Waals surface area contributed by atoms with E-state index < -0.39 is 6.10 Å². The van der Waals surface area contributed by atoms with E-state index in [1.54, 1.807) is 26.0 Å². The molecular weight excluding hydrogens is 223 g/mol. The minimum absolute atomic E-state index is 0.192. The van der Waals surface area contributed by atoms with Crippen molar-refractivity contribution in [1.29, 1.82) is 0 Å². The van der Waals surface area contributed by atoms with E-state index in [4.69, 9.17) is 0 Å². The van der Waals surface area contributed by atoms with Gasteiger partial charge in [-0.05, 0) is 42.0 Å². The van der Waals surface area contributed by atoms with Gasteiger partial charge in [-0.1, -0.05) is 18.2 Å². The average Bonchev–Trinajstić information content (AvgIpc) is 2.77. The van der Waals surface area contributed by atoms with Crippen LogP contribution < -0.4 is 0 Å². The van der Waals surface area contributed by atoms with Crippen LogP contribution in [-0.4, -0.2) is 5.11 Å². The van der Waals surface area contributed by atoms with E-state index >= 15 is 0 Å². The lowest BCUT2D eigenvalue weighted by atomic mass is 10.0. The van der Waals surface area contributed by atoms with E-state index in [1.165, 1.54) is 11.3 Å². The molecule has 1 unspecified atom stereocenters. The summed E-state index contributed by atoms with van der Waals surface area (Å²) >= 11 is 1.50. The van der Waals surface area contributed by atoms with Crippen molar-refractivity contribution in [1.82, 2.24) is 0 Å². The molecule has 1 heterocycles. The molecular formula is C13H13FOS. The van der Waals surface area contributed by atoms with Crippen LogP contribution in [0.1, 0.15) is 27.7 Å². The summed E-state index contributed by atoms with van der Waals surface area (Å²) in [7, 11) is 0. The Morgan fingerprint density at radius 1 is 1.25 bits per heavy atom. The predicted octanol–water partition coefficient (Wildman–Crippen LogP) is 3.59. The molecule has 0 aliphatic heterocycles. The number of hydrogen-bond acceptors (Lipinski definition) is 2. The molecule has 1 atom stereocenters. The van der Waals surface area contributed by atoms with Gasteiger partial charge in [0, 0.05) is 4.88 Å².